The highest BCUT2D eigenvalue weighted by Gasteiger charge is 2.13. The summed E-state index contributed by atoms with van der Waals surface area (Å²) in [4.78, 5) is 15.7. The molecular formula is C15H12N4S2. The molecule has 1 N–H and O–H groups in total. The normalized spacial score (nSPS) is 11.3. The lowest BCUT2D eigenvalue weighted by molar-refractivity contribution is 1.22. The maximum absolute atomic E-state index is 4.60. The molecule has 21 heavy (non-hydrogen) atoms. The highest BCUT2D eigenvalue weighted by atomic mass is 32.1. The Bertz CT molecular complexity index is 922. The lowest BCUT2D eigenvalue weighted by Crippen LogP contribution is -1.94. The number of thiophene rings is 1. The molecule has 0 bridgehead atoms. The maximum Gasteiger partial charge on any atom is 0.189 e. The maximum atomic E-state index is 4.60. The molecule has 0 radical (unpaired) electrons. The van der Waals surface area contributed by atoms with Crippen molar-refractivity contribution in [1.82, 2.24) is 15.0 Å². The second-order valence-electron chi connectivity index (χ2n) is 4.80. The Balaban J connectivity index is 1.83. The molecule has 0 amide bonds. The van der Waals surface area contributed by atoms with Crippen LogP contribution in [-0.4, -0.2) is 15.0 Å². The first kappa shape index (κ1) is 12.7. The predicted molar refractivity (Wildman–Crippen MR) is 89.8 cm³/mol. The van der Waals surface area contributed by atoms with Gasteiger partial charge in [0.25, 0.3) is 0 Å². The Kier molecular flexibility index (Phi) is 2.87. The average molecular weight is 312 g/mol. The molecule has 0 fully saturated rings. The van der Waals surface area contributed by atoms with Crippen LogP contribution in [0.4, 0.5) is 10.9 Å². The largest absolute Gasteiger partial charge is 0.316 e. The first-order valence-electron chi connectivity index (χ1n) is 6.55. The minimum Gasteiger partial charge on any atom is -0.316 e. The minimum absolute atomic E-state index is 0.834. The molecule has 6 heteroatoms. The second kappa shape index (κ2) is 4.75. The number of aromatic nitrogens is 3. The van der Waals surface area contributed by atoms with E-state index < -0.39 is 0 Å². The van der Waals surface area contributed by atoms with Crippen LogP contribution in [0.15, 0.2) is 30.6 Å². The van der Waals surface area contributed by atoms with E-state index in [1.807, 2.05) is 18.2 Å². The van der Waals surface area contributed by atoms with Gasteiger partial charge in [0.2, 0.25) is 0 Å². The minimum atomic E-state index is 0.834. The summed E-state index contributed by atoms with van der Waals surface area (Å²) in [6.07, 6.45) is 1.60. The van der Waals surface area contributed by atoms with Crippen LogP contribution in [0.2, 0.25) is 0 Å². The summed E-state index contributed by atoms with van der Waals surface area (Å²) in [7, 11) is 0. The van der Waals surface area contributed by atoms with Crippen molar-refractivity contribution >= 4 is 54.1 Å². The van der Waals surface area contributed by atoms with Gasteiger partial charge in [-0.1, -0.05) is 23.5 Å². The first-order valence-corrected chi connectivity index (χ1v) is 8.19. The number of hydrogen-bond acceptors (Lipinski definition) is 6. The van der Waals surface area contributed by atoms with Gasteiger partial charge in [-0.3, -0.25) is 0 Å². The van der Waals surface area contributed by atoms with E-state index in [4.69, 9.17) is 0 Å². The van der Waals surface area contributed by atoms with Crippen LogP contribution in [0, 0.1) is 13.8 Å². The van der Waals surface area contributed by atoms with E-state index in [0.29, 0.717) is 0 Å². The van der Waals surface area contributed by atoms with Gasteiger partial charge in [-0.25, -0.2) is 15.0 Å². The molecule has 0 saturated heterocycles. The Morgan fingerprint density at radius 3 is 2.76 bits per heavy atom. The van der Waals surface area contributed by atoms with Gasteiger partial charge in [0.1, 0.15) is 17.0 Å². The smallest absolute Gasteiger partial charge is 0.189 e. The van der Waals surface area contributed by atoms with Crippen molar-refractivity contribution in [1.29, 1.82) is 0 Å². The average Bonchev–Trinajstić information content (AvgIpc) is 3.01. The molecule has 1 aromatic carbocycles. The molecule has 4 rings (SSSR count). The summed E-state index contributed by atoms with van der Waals surface area (Å²) in [6, 6.07) is 8.13. The zero-order valence-electron chi connectivity index (χ0n) is 11.5. The molecule has 0 aliphatic heterocycles. The number of para-hydroxylation sites is 1. The van der Waals surface area contributed by atoms with E-state index in [1.165, 1.54) is 15.1 Å². The molecular weight excluding hydrogens is 300 g/mol. The molecule has 104 valence electrons. The van der Waals surface area contributed by atoms with E-state index in [9.17, 15) is 0 Å². The number of nitrogens with zero attached hydrogens (tertiary/aromatic N) is 3. The predicted octanol–water partition coefficient (Wildman–Crippen LogP) is 4.66. The summed E-state index contributed by atoms with van der Waals surface area (Å²) in [6.45, 7) is 4.23. The van der Waals surface area contributed by atoms with Crippen LogP contribution in [0.5, 0.6) is 0 Å². The summed E-state index contributed by atoms with van der Waals surface area (Å²) < 4.78 is 1.17. The molecule has 0 spiro atoms. The van der Waals surface area contributed by atoms with Crippen LogP contribution in [0.25, 0.3) is 20.4 Å². The van der Waals surface area contributed by atoms with Gasteiger partial charge in [0.05, 0.1) is 15.6 Å². The number of fused-ring (bicyclic) bond motifs is 2. The third kappa shape index (κ3) is 2.07. The molecule has 0 saturated carbocycles. The van der Waals surface area contributed by atoms with E-state index in [-0.39, 0.29) is 0 Å². The molecule has 0 unspecified atom stereocenters. The van der Waals surface area contributed by atoms with Crippen LogP contribution >= 0.6 is 22.7 Å². The zero-order chi connectivity index (χ0) is 14.4. The monoisotopic (exact) mass is 312 g/mol. The van der Waals surface area contributed by atoms with Crippen LogP contribution < -0.4 is 5.32 Å². The summed E-state index contributed by atoms with van der Waals surface area (Å²) >= 11 is 3.33. The quantitative estimate of drug-likeness (QED) is 0.585. The zero-order valence-corrected chi connectivity index (χ0v) is 13.2. The van der Waals surface area contributed by atoms with Gasteiger partial charge < -0.3 is 5.32 Å². The fraction of sp³-hybridized carbons (Fsp3) is 0.133. The SMILES string of the molecule is Cc1sc2ncnc(Nc3nc4ccccc4s3)c2c1C. The Morgan fingerprint density at radius 1 is 1.05 bits per heavy atom. The summed E-state index contributed by atoms with van der Waals surface area (Å²) in [5.41, 5.74) is 2.24. The van der Waals surface area contributed by atoms with Crippen molar-refractivity contribution in [2.75, 3.05) is 5.32 Å². The number of rotatable bonds is 2. The molecule has 0 aliphatic carbocycles. The third-order valence-corrected chi connectivity index (χ3v) is 5.55. The summed E-state index contributed by atoms with van der Waals surface area (Å²) in [5, 5.41) is 5.31. The van der Waals surface area contributed by atoms with E-state index in [0.717, 1.165) is 26.7 Å². The van der Waals surface area contributed by atoms with Gasteiger partial charge in [0.15, 0.2) is 5.13 Å². The Hall–Kier alpha value is -2.05. The number of nitrogens with one attached hydrogen (secondary N) is 1. The van der Waals surface area contributed by atoms with Crippen molar-refractivity contribution in [2.24, 2.45) is 0 Å². The molecule has 0 atom stereocenters. The van der Waals surface area contributed by atoms with Crippen molar-refractivity contribution in [3.8, 4) is 0 Å². The number of thiazole rings is 1. The number of hydrogen-bond donors (Lipinski definition) is 1. The topological polar surface area (TPSA) is 50.7 Å². The van der Waals surface area contributed by atoms with Crippen LogP contribution in [-0.2, 0) is 0 Å². The van der Waals surface area contributed by atoms with E-state index >= 15 is 0 Å². The Morgan fingerprint density at radius 2 is 1.90 bits per heavy atom. The summed E-state index contributed by atoms with van der Waals surface area (Å²) in [5.74, 6) is 0.834. The number of anilines is 2. The Labute approximate surface area is 129 Å². The number of benzene rings is 1. The number of aryl methyl sites for hydroxylation is 2. The third-order valence-electron chi connectivity index (χ3n) is 3.48. The van der Waals surface area contributed by atoms with E-state index in [2.05, 4.69) is 40.2 Å². The molecule has 4 nitrogen and oxygen atoms in total. The van der Waals surface area contributed by atoms with Gasteiger partial charge in [-0.05, 0) is 31.5 Å². The van der Waals surface area contributed by atoms with Gasteiger partial charge >= 0.3 is 0 Å². The highest BCUT2D eigenvalue weighted by molar-refractivity contribution is 7.22. The fourth-order valence-electron chi connectivity index (χ4n) is 2.30. The lowest BCUT2D eigenvalue weighted by atomic mass is 10.2. The van der Waals surface area contributed by atoms with Gasteiger partial charge in [0, 0.05) is 4.88 Å². The first-order chi connectivity index (χ1) is 10.2. The van der Waals surface area contributed by atoms with E-state index in [1.54, 1.807) is 29.0 Å². The molecule has 3 heterocycles. The molecule has 3 aromatic heterocycles. The highest BCUT2D eigenvalue weighted by Crippen LogP contribution is 2.35. The fourth-order valence-corrected chi connectivity index (χ4v) is 4.17. The standard InChI is InChI=1S/C15H12N4S2/c1-8-9(2)20-14-12(8)13(16-7-17-14)19-15-18-10-5-3-4-6-11(10)21-15/h3-7H,1-2H3,(H,16,17,18,19). The molecule has 0 aliphatic rings. The van der Waals surface area contributed by atoms with Crippen molar-refractivity contribution < 1.29 is 0 Å². The van der Waals surface area contributed by atoms with Crippen LogP contribution in [0.3, 0.4) is 0 Å². The van der Waals surface area contributed by atoms with Gasteiger partial charge in [-0.2, -0.15) is 0 Å². The van der Waals surface area contributed by atoms with Crippen molar-refractivity contribution in [3.05, 3.63) is 41.0 Å². The van der Waals surface area contributed by atoms with Gasteiger partial charge in [-0.15, -0.1) is 11.3 Å². The van der Waals surface area contributed by atoms with Crippen molar-refractivity contribution in [2.45, 2.75) is 13.8 Å². The molecule has 4 aromatic rings. The van der Waals surface area contributed by atoms with Crippen molar-refractivity contribution in [3.63, 3.8) is 0 Å². The van der Waals surface area contributed by atoms with Crippen LogP contribution in [0.1, 0.15) is 10.4 Å². The lowest BCUT2D eigenvalue weighted by Gasteiger charge is -2.03. The second-order valence-corrected chi connectivity index (χ2v) is 7.03.